The molecule has 1 N–H and O–H groups in total. The smallest absolute Gasteiger partial charge is 0.312 e. The van der Waals surface area contributed by atoms with E-state index in [0.717, 1.165) is 36.1 Å². The maximum absolute atomic E-state index is 14.5. The minimum absolute atomic E-state index is 0.272. The largest absolute Gasteiger partial charge is 0.465 e. The quantitative estimate of drug-likeness (QED) is 0.496. The van der Waals surface area contributed by atoms with Crippen molar-refractivity contribution in [3.05, 3.63) is 53.6 Å². The highest BCUT2D eigenvalue weighted by molar-refractivity contribution is 6.06. The van der Waals surface area contributed by atoms with Crippen LogP contribution in [0.15, 0.2) is 42.5 Å². The molecular weight excluding hydrogens is 472 g/mol. The number of aliphatic hydroxyl groups is 1. The van der Waals surface area contributed by atoms with Crippen LogP contribution in [0, 0.1) is 25.7 Å². The number of aliphatic hydroxyl groups excluding tert-OH is 1. The van der Waals surface area contributed by atoms with Crippen LogP contribution >= 0.6 is 0 Å². The van der Waals surface area contributed by atoms with E-state index in [9.17, 15) is 19.5 Å². The average molecular weight is 509 g/mol. The Hall–Kier alpha value is -2.97. The summed E-state index contributed by atoms with van der Waals surface area (Å²) in [5.41, 5.74) is 1.37. The lowest BCUT2D eigenvalue weighted by atomic mass is 9.78. The van der Waals surface area contributed by atoms with Crippen molar-refractivity contribution in [3.8, 4) is 0 Å². The van der Waals surface area contributed by atoms with Gasteiger partial charge in [-0.2, -0.15) is 0 Å². The third kappa shape index (κ3) is 4.01. The molecule has 37 heavy (non-hydrogen) atoms. The minimum atomic E-state index is -1.34. The monoisotopic (exact) mass is 508 g/mol. The number of hydrogen-bond donors (Lipinski definition) is 1. The zero-order valence-corrected chi connectivity index (χ0v) is 21.8. The molecule has 4 heterocycles. The van der Waals surface area contributed by atoms with Gasteiger partial charge in [0.05, 0.1) is 31.3 Å². The fourth-order valence-electron chi connectivity index (χ4n) is 6.60. The Morgan fingerprint density at radius 1 is 1.11 bits per heavy atom. The highest BCUT2D eigenvalue weighted by atomic mass is 16.6. The summed E-state index contributed by atoms with van der Waals surface area (Å²) in [6.07, 6.45) is 9.80. The maximum atomic E-state index is 14.5. The highest BCUT2D eigenvalue weighted by Crippen LogP contribution is 2.54. The number of likely N-dealkylation sites (tertiary alicyclic amines) is 1. The van der Waals surface area contributed by atoms with Crippen molar-refractivity contribution in [3.63, 3.8) is 0 Å². The summed E-state index contributed by atoms with van der Waals surface area (Å²) < 4.78 is 12.3. The predicted octanol–water partition coefficient (Wildman–Crippen LogP) is 2.84. The fraction of sp³-hybridized carbons (Fsp3) is 0.552. The molecule has 2 amide bonds. The molecule has 2 fully saturated rings. The van der Waals surface area contributed by atoms with Gasteiger partial charge in [-0.25, -0.2) is 0 Å². The number of nitrogens with zero attached hydrogens (tertiary/aromatic N) is 2. The van der Waals surface area contributed by atoms with Gasteiger partial charge in [0.1, 0.15) is 17.6 Å². The maximum Gasteiger partial charge on any atom is 0.312 e. The second kappa shape index (κ2) is 10.1. The second-order valence-corrected chi connectivity index (χ2v) is 10.5. The van der Waals surface area contributed by atoms with Crippen molar-refractivity contribution in [1.82, 2.24) is 4.90 Å². The van der Waals surface area contributed by atoms with Crippen LogP contribution in [0.25, 0.3) is 0 Å². The SMILES string of the molecule is CC[C@@H](CO)N1C(=O)[C@@H]2[C@H]3C(=O)OCCCC/C=C\[C@H]3O[C@@]23C=CCN(c2c(C)cccc2C)C(=O)C13. The van der Waals surface area contributed by atoms with E-state index in [2.05, 4.69) is 0 Å². The number of benzene rings is 1. The zero-order valence-electron chi connectivity index (χ0n) is 21.8. The standard InChI is InChI=1S/C29H36N2O6/c1-4-20(17-32)31-25-27(34)30(24-18(2)11-9-12-19(24)3)15-10-14-29(25)23(26(31)33)22-21(37-29)13-7-5-6-8-16-36-28(22)35/h7,9-14,20-23,25,32H,4-6,8,15-17H2,1-3H3/b13-7-/t20-,21+,22-,23-,25?,29-/m0/s1. The van der Waals surface area contributed by atoms with Gasteiger partial charge in [0.2, 0.25) is 5.91 Å². The van der Waals surface area contributed by atoms with Gasteiger partial charge in [-0.3, -0.25) is 14.4 Å². The molecule has 0 saturated carbocycles. The van der Waals surface area contributed by atoms with E-state index >= 15 is 0 Å². The third-order valence-electron chi connectivity index (χ3n) is 8.32. The van der Waals surface area contributed by atoms with Crippen molar-refractivity contribution >= 4 is 23.5 Å². The van der Waals surface area contributed by atoms with Crippen LogP contribution in [0.4, 0.5) is 5.69 Å². The van der Waals surface area contributed by atoms with Crippen LogP contribution in [0.5, 0.6) is 0 Å². The summed E-state index contributed by atoms with van der Waals surface area (Å²) in [7, 11) is 0. The van der Waals surface area contributed by atoms with Gasteiger partial charge in [0, 0.05) is 12.2 Å². The summed E-state index contributed by atoms with van der Waals surface area (Å²) in [4.78, 5) is 45.2. The molecule has 1 spiro atoms. The van der Waals surface area contributed by atoms with Gasteiger partial charge < -0.3 is 24.4 Å². The van der Waals surface area contributed by atoms with Gasteiger partial charge >= 0.3 is 5.97 Å². The molecule has 8 heteroatoms. The number of cyclic esters (lactones) is 1. The van der Waals surface area contributed by atoms with Gasteiger partial charge in [-0.15, -0.1) is 0 Å². The summed E-state index contributed by atoms with van der Waals surface area (Å²) in [5, 5.41) is 10.2. The number of rotatable bonds is 4. The molecule has 2 saturated heterocycles. The Balaban J connectivity index is 1.66. The van der Waals surface area contributed by atoms with Gasteiger partial charge in [0.15, 0.2) is 0 Å². The number of para-hydroxylation sites is 1. The number of fused-ring (bicyclic) bond motifs is 2. The van der Waals surface area contributed by atoms with Crippen molar-refractivity contribution in [2.24, 2.45) is 11.8 Å². The lowest BCUT2D eigenvalue weighted by Gasteiger charge is -2.38. The Labute approximate surface area is 217 Å². The number of ether oxygens (including phenoxy) is 2. The number of allylic oxidation sites excluding steroid dienone is 1. The summed E-state index contributed by atoms with van der Waals surface area (Å²) >= 11 is 0. The van der Waals surface area contributed by atoms with Gasteiger partial charge in [-0.05, 0) is 50.7 Å². The first-order valence-corrected chi connectivity index (χ1v) is 13.3. The molecule has 1 aromatic carbocycles. The van der Waals surface area contributed by atoms with Gasteiger partial charge in [-0.1, -0.05) is 49.4 Å². The Morgan fingerprint density at radius 2 is 1.86 bits per heavy atom. The number of aryl methyl sites for hydroxylation is 2. The van der Waals surface area contributed by atoms with Crippen molar-refractivity contribution in [2.45, 2.75) is 70.2 Å². The molecule has 0 aromatic heterocycles. The molecule has 1 unspecified atom stereocenters. The lowest BCUT2D eigenvalue weighted by Crippen LogP contribution is -2.58. The highest BCUT2D eigenvalue weighted by Gasteiger charge is 2.72. The van der Waals surface area contributed by atoms with Crippen LogP contribution in [0.1, 0.15) is 43.7 Å². The van der Waals surface area contributed by atoms with Crippen LogP contribution < -0.4 is 4.90 Å². The molecule has 0 aliphatic carbocycles. The molecule has 0 bridgehead atoms. The van der Waals surface area contributed by atoms with E-state index in [4.69, 9.17) is 9.47 Å². The van der Waals surface area contributed by atoms with E-state index < -0.39 is 41.6 Å². The molecule has 4 aliphatic heterocycles. The van der Waals surface area contributed by atoms with Crippen LogP contribution in [0.3, 0.4) is 0 Å². The first-order valence-electron chi connectivity index (χ1n) is 13.3. The third-order valence-corrected chi connectivity index (χ3v) is 8.32. The normalized spacial score (nSPS) is 33.4. The first-order chi connectivity index (χ1) is 17.9. The van der Waals surface area contributed by atoms with E-state index in [1.807, 2.05) is 63.3 Å². The number of amides is 2. The summed E-state index contributed by atoms with van der Waals surface area (Å²) in [6.45, 7) is 6.11. The Kier molecular flexibility index (Phi) is 6.98. The average Bonchev–Trinajstić information content (AvgIpc) is 3.26. The fourth-order valence-corrected chi connectivity index (χ4v) is 6.60. The lowest BCUT2D eigenvalue weighted by molar-refractivity contribution is -0.155. The van der Waals surface area contributed by atoms with E-state index in [1.165, 1.54) is 4.90 Å². The molecule has 5 rings (SSSR count). The number of anilines is 1. The Bertz CT molecular complexity index is 1120. The van der Waals surface area contributed by atoms with Crippen LogP contribution in [-0.2, 0) is 23.9 Å². The zero-order chi connectivity index (χ0) is 26.3. The van der Waals surface area contributed by atoms with Crippen LogP contribution in [-0.4, -0.2) is 71.3 Å². The molecule has 0 radical (unpaired) electrons. The van der Waals surface area contributed by atoms with Crippen LogP contribution in [0.2, 0.25) is 0 Å². The first kappa shape index (κ1) is 25.7. The molecule has 198 valence electrons. The van der Waals surface area contributed by atoms with E-state index in [1.54, 1.807) is 4.90 Å². The van der Waals surface area contributed by atoms with E-state index in [-0.39, 0.29) is 18.4 Å². The van der Waals surface area contributed by atoms with Crippen molar-refractivity contribution < 1.29 is 29.0 Å². The number of carbonyl (C=O) groups excluding carboxylic acids is 3. The molecule has 4 aliphatic rings. The second-order valence-electron chi connectivity index (χ2n) is 10.5. The predicted molar refractivity (Wildman–Crippen MR) is 138 cm³/mol. The summed E-state index contributed by atoms with van der Waals surface area (Å²) in [6, 6.07) is 4.28. The number of hydrogen-bond acceptors (Lipinski definition) is 6. The topological polar surface area (TPSA) is 96.4 Å². The van der Waals surface area contributed by atoms with E-state index in [0.29, 0.717) is 19.6 Å². The molecule has 6 atom stereocenters. The number of esters is 1. The number of carbonyl (C=O) groups is 3. The van der Waals surface area contributed by atoms with Crippen molar-refractivity contribution in [1.29, 1.82) is 0 Å². The minimum Gasteiger partial charge on any atom is -0.465 e. The molecular formula is C29H36N2O6. The molecule has 8 nitrogen and oxygen atoms in total. The molecule has 1 aromatic rings. The van der Waals surface area contributed by atoms with Crippen molar-refractivity contribution in [2.75, 3.05) is 24.7 Å². The Morgan fingerprint density at radius 3 is 2.57 bits per heavy atom. The summed E-state index contributed by atoms with van der Waals surface area (Å²) in [5.74, 6) is -2.87. The van der Waals surface area contributed by atoms with Gasteiger partial charge in [0.25, 0.3) is 5.91 Å².